The summed E-state index contributed by atoms with van der Waals surface area (Å²) in [4.78, 5) is 11.2. The Kier molecular flexibility index (Phi) is 9.85. The summed E-state index contributed by atoms with van der Waals surface area (Å²) in [6.07, 6.45) is -9.36. The Bertz CT molecular complexity index is 1140. The summed E-state index contributed by atoms with van der Waals surface area (Å²) >= 11 is 6.18. The van der Waals surface area contributed by atoms with Crippen molar-refractivity contribution in [3.8, 4) is 17.6 Å². The summed E-state index contributed by atoms with van der Waals surface area (Å²) in [5, 5.41) is 9.39. The molecule has 0 radical (unpaired) electrons. The largest absolute Gasteiger partial charge is 0.488 e. The van der Waals surface area contributed by atoms with Crippen molar-refractivity contribution in [2.45, 2.75) is 38.7 Å². The molecule has 2 aromatic rings. The molecule has 0 aliphatic heterocycles. The van der Waals surface area contributed by atoms with Crippen LogP contribution in [0.4, 0.5) is 26.3 Å². The Balaban J connectivity index is 2.11. The summed E-state index contributed by atoms with van der Waals surface area (Å²) < 4.78 is 88.5. The van der Waals surface area contributed by atoms with Gasteiger partial charge in [-0.1, -0.05) is 29.5 Å². The number of rotatable bonds is 8. The minimum Gasteiger partial charge on any atom is -0.488 e. The van der Waals surface area contributed by atoms with Gasteiger partial charge >= 0.3 is 18.3 Å². The van der Waals surface area contributed by atoms with E-state index in [9.17, 15) is 36.2 Å². The minimum absolute atomic E-state index is 0.0351. The van der Waals surface area contributed by atoms with Crippen LogP contribution in [0, 0.1) is 11.8 Å². The van der Waals surface area contributed by atoms with E-state index in [1.807, 2.05) is 0 Å². The minimum atomic E-state index is -4.96. The number of benzene rings is 2. The third kappa shape index (κ3) is 8.81. The molecule has 0 fully saturated rings. The number of ether oxygens (including phenoxy) is 2. The van der Waals surface area contributed by atoms with Gasteiger partial charge in [-0.3, -0.25) is 0 Å². The molecule has 2 aromatic carbocycles. The average molecular weight is 535 g/mol. The molecule has 0 heterocycles. The molecule has 0 amide bonds. The fourth-order valence-corrected chi connectivity index (χ4v) is 3.18. The van der Waals surface area contributed by atoms with E-state index in [2.05, 4.69) is 11.8 Å². The van der Waals surface area contributed by atoms with Crippen LogP contribution in [0.15, 0.2) is 48.0 Å². The van der Waals surface area contributed by atoms with Gasteiger partial charge in [0.2, 0.25) is 0 Å². The van der Waals surface area contributed by atoms with Gasteiger partial charge in [0.1, 0.15) is 12.4 Å². The van der Waals surface area contributed by atoms with Crippen LogP contribution < -0.4 is 4.74 Å². The lowest BCUT2D eigenvalue weighted by Gasteiger charge is -2.13. The highest BCUT2D eigenvalue weighted by atomic mass is 35.5. The van der Waals surface area contributed by atoms with Gasteiger partial charge in [0.15, 0.2) is 6.10 Å². The first-order valence-corrected chi connectivity index (χ1v) is 10.8. The quantitative estimate of drug-likeness (QED) is 0.299. The van der Waals surface area contributed by atoms with E-state index in [1.54, 1.807) is 19.1 Å². The second kappa shape index (κ2) is 12.2. The molecule has 194 valence electrons. The lowest BCUT2D eigenvalue weighted by atomic mass is 10.0. The topological polar surface area (TPSA) is 55.8 Å². The van der Waals surface area contributed by atoms with Crippen molar-refractivity contribution in [1.82, 2.24) is 0 Å². The molecule has 0 saturated carbocycles. The van der Waals surface area contributed by atoms with Crippen LogP contribution in [0.2, 0.25) is 5.02 Å². The Morgan fingerprint density at radius 3 is 2.19 bits per heavy atom. The van der Waals surface area contributed by atoms with E-state index in [0.29, 0.717) is 23.3 Å². The highest BCUT2D eigenvalue weighted by molar-refractivity contribution is 6.32. The maximum absolute atomic E-state index is 13.0. The Morgan fingerprint density at radius 1 is 1.08 bits per heavy atom. The Hall–Kier alpha value is -3.16. The zero-order valence-electron chi connectivity index (χ0n) is 19.1. The molecule has 36 heavy (non-hydrogen) atoms. The van der Waals surface area contributed by atoms with Gasteiger partial charge in [-0.05, 0) is 61.4 Å². The summed E-state index contributed by atoms with van der Waals surface area (Å²) in [6.45, 7) is 3.39. The molecule has 0 aromatic heterocycles. The van der Waals surface area contributed by atoms with Crippen LogP contribution >= 0.6 is 11.6 Å². The van der Waals surface area contributed by atoms with Crippen molar-refractivity contribution >= 4 is 17.6 Å². The molecular formula is C25H21ClF6O4. The van der Waals surface area contributed by atoms with Gasteiger partial charge in [-0.15, -0.1) is 0 Å². The molecule has 0 spiro atoms. The molecule has 11 heteroatoms. The number of allylic oxidation sites excluding steroid dienone is 1. The molecule has 2 rings (SSSR count). The molecule has 0 bridgehead atoms. The molecule has 0 saturated heterocycles. The molecule has 0 aliphatic carbocycles. The van der Waals surface area contributed by atoms with E-state index >= 15 is 0 Å². The van der Waals surface area contributed by atoms with Crippen LogP contribution in [0.25, 0.3) is 0 Å². The van der Waals surface area contributed by atoms with E-state index < -0.39 is 41.1 Å². The van der Waals surface area contributed by atoms with Crippen LogP contribution in [0.1, 0.15) is 36.1 Å². The molecular weight excluding hydrogens is 514 g/mol. The second-order valence-electron chi connectivity index (χ2n) is 7.49. The maximum atomic E-state index is 13.0. The summed E-state index contributed by atoms with van der Waals surface area (Å²) in [7, 11) is 0. The van der Waals surface area contributed by atoms with Crippen LogP contribution in [-0.2, 0) is 28.3 Å². The van der Waals surface area contributed by atoms with Gasteiger partial charge in [0.25, 0.3) is 0 Å². The molecule has 4 nitrogen and oxygen atoms in total. The van der Waals surface area contributed by atoms with Gasteiger partial charge in [-0.25, -0.2) is 4.79 Å². The SMILES string of the molecule is CCO[C@@H](Cc1ccc(OC/C=C(/C)C#Cc2cc(C(F)(F)F)cc(C(F)(F)F)c2)c(Cl)c1)C(=O)O. The fourth-order valence-electron chi connectivity index (χ4n) is 2.93. The first-order valence-electron chi connectivity index (χ1n) is 10.4. The summed E-state index contributed by atoms with van der Waals surface area (Å²) in [5.74, 6) is 4.00. The van der Waals surface area contributed by atoms with Gasteiger partial charge in [-0.2, -0.15) is 26.3 Å². The van der Waals surface area contributed by atoms with Crippen molar-refractivity contribution in [1.29, 1.82) is 0 Å². The van der Waals surface area contributed by atoms with Crippen LogP contribution in [0.3, 0.4) is 0 Å². The number of carboxylic acid groups (broad SMARTS) is 1. The number of halogens is 7. The summed E-state index contributed by atoms with van der Waals surface area (Å²) in [6, 6.07) is 5.84. The highest BCUT2D eigenvalue weighted by Crippen LogP contribution is 2.36. The molecule has 0 unspecified atom stereocenters. The number of alkyl halides is 6. The number of hydrogen-bond acceptors (Lipinski definition) is 3. The zero-order valence-corrected chi connectivity index (χ0v) is 19.8. The van der Waals surface area contributed by atoms with Crippen LogP contribution in [0.5, 0.6) is 5.75 Å². The molecule has 1 N–H and O–H groups in total. The van der Waals surface area contributed by atoms with E-state index in [4.69, 9.17) is 21.1 Å². The van der Waals surface area contributed by atoms with Gasteiger partial charge < -0.3 is 14.6 Å². The first-order chi connectivity index (χ1) is 16.7. The van der Waals surface area contributed by atoms with Crippen molar-refractivity contribution in [2.75, 3.05) is 13.2 Å². The lowest BCUT2D eigenvalue weighted by molar-refractivity contribution is -0.150. The maximum Gasteiger partial charge on any atom is 0.416 e. The predicted molar refractivity (Wildman–Crippen MR) is 121 cm³/mol. The molecule has 0 aliphatic rings. The first kappa shape index (κ1) is 29.1. The normalized spacial score (nSPS) is 13.1. The third-order valence-corrected chi connectivity index (χ3v) is 4.98. The van der Waals surface area contributed by atoms with Crippen LogP contribution in [-0.4, -0.2) is 30.4 Å². The smallest absolute Gasteiger partial charge is 0.416 e. The van der Waals surface area contributed by atoms with Crippen molar-refractivity contribution in [2.24, 2.45) is 0 Å². The number of carbonyl (C=O) groups is 1. The lowest BCUT2D eigenvalue weighted by Crippen LogP contribution is -2.26. The van der Waals surface area contributed by atoms with Crippen molar-refractivity contribution in [3.63, 3.8) is 0 Å². The number of aliphatic carboxylic acids is 1. The molecule has 1 atom stereocenters. The second-order valence-corrected chi connectivity index (χ2v) is 7.90. The van der Waals surface area contributed by atoms with E-state index in [-0.39, 0.29) is 36.5 Å². The van der Waals surface area contributed by atoms with Crippen molar-refractivity contribution in [3.05, 3.63) is 75.3 Å². The van der Waals surface area contributed by atoms with Gasteiger partial charge in [0.05, 0.1) is 16.1 Å². The standard InChI is InChI=1S/C25H21ClF6O4/c1-3-35-22(23(33)34)13-17-6-7-21(20(26)12-17)36-9-8-15(2)4-5-16-10-18(24(27,28)29)14-19(11-16)25(30,31)32/h6-8,10-12,14,22H,3,9,13H2,1-2H3,(H,33,34)/b15-8-/t22-/m0/s1. The predicted octanol–water partition coefficient (Wildman–Crippen LogP) is 6.79. The third-order valence-electron chi connectivity index (χ3n) is 4.68. The van der Waals surface area contributed by atoms with E-state index in [1.165, 1.54) is 19.1 Å². The fraction of sp³-hybridized carbons (Fsp3) is 0.320. The zero-order chi connectivity index (χ0) is 27.1. The van der Waals surface area contributed by atoms with E-state index in [0.717, 1.165) is 0 Å². The highest BCUT2D eigenvalue weighted by Gasteiger charge is 2.36. The van der Waals surface area contributed by atoms with Gasteiger partial charge in [0, 0.05) is 18.6 Å². The monoisotopic (exact) mass is 534 g/mol. The number of carboxylic acids is 1. The van der Waals surface area contributed by atoms with Crippen molar-refractivity contribution < 1.29 is 45.7 Å². The summed E-state index contributed by atoms with van der Waals surface area (Å²) in [5.41, 5.74) is -2.36. The average Bonchev–Trinajstić information content (AvgIpc) is 2.77. The Labute approximate surface area is 208 Å². The Morgan fingerprint density at radius 2 is 1.69 bits per heavy atom. The number of hydrogen-bond donors (Lipinski definition) is 1.